The van der Waals surface area contributed by atoms with Crippen molar-refractivity contribution in [2.75, 3.05) is 0 Å². The molecule has 2 aromatic rings. The Hall–Kier alpha value is -2.55. The van der Waals surface area contributed by atoms with Gasteiger partial charge in [-0.3, -0.25) is 9.78 Å². The van der Waals surface area contributed by atoms with Crippen molar-refractivity contribution in [1.82, 2.24) is 20.6 Å². The highest BCUT2D eigenvalue weighted by molar-refractivity contribution is 7.09. The quantitative estimate of drug-likeness (QED) is 0.764. The van der Waals surface area contributed by atoms with Crippen LogP contribution in [0.2, 0.25) is 0 Å². The average Bonchev–Trinajstić information content (AvgIpc) is 2.99. The maximum Gasteiger partial charge on any atom is 0.408 e. The zero-order chi connectivity index (χ0) is 20.9. The van der Waals surface area contributed by atoms with Crippen LogP contribution in [0.5, 0.6) is 0 Å². The molecular weight excluding hydrogens is 383 g/mol. The molecule has 28 heavy (non-hydrogen) atoms. The molecule has 152 valence electrons. The zero-order valence-corrected chi connectivity index (χ0v) is 17.4. The smallest absolute Gasteiger partial charge is 0.408 e. The molecule has 9 heteroatoms. The van der Waals surface area contributed by atoms with Gasteiger partial charge < -0.3 is 15.4 Å². The molecule has 0 bridgehead atoms. The fourth-order valence-electron chi connectivity index (χ4n) is 2.30. The molecule has 7 nitrogen and oxygen atoms in total. The lowest BCUT2D eigenvalue weighted by molar-refractivity contribution is 0.0472. The molecule has 0 saturated carbocycles. The topological polar surface area (TPSA) is 93.2 Å². The minimum absolute atomic E-state index is 0.0238. The molecule has 0 unspecified atom stereocenters. The van der Waals surface area contributed by atoms with E-state index in [0.29, 0.717) is 11.4 Å². The number of amides is 2. The number of thiazole rings is 1. The molecule has 0 radical (unpaired) electrons. The van der Waals surface area contributed by atoms with Crippen molar-refractivity contribution in [3.63, 3.8) is 0 Å². The second kappa shape index (κ2) is 8.64. The van der Waals surface area contributed by atoms with E-state index < -0.39 is 29.0 Å². The van der Waals surface area contributed by atoms with Gasteiger partial charge in [0.25, 0.3) is 5.91 Å². The Labute approximate surface area is 167 Å². The van der Waals surface area contributed by atoms with Crippen LogP contribution in [0.4, 0.5) is 9.18 Å². The van der Waals surface area contributed by atoms with Gasteiger partial charge in [-0.05, 0) is 46.8 Å². The molecular formula is C19H25FN4O3S. The van der Waals surface area contributed by atoms with Gasteiger partial charge in [0.05, 0.1) is 17.2 Å². The molecule has 2 aromatic heterocycles. The zero-order valence-electron chi connectivity index (χ0n) is 16.6. The van der Waals surface area contributed by atoms with E-state index in [1.165, 1.54) is 29.7 Å². The number of aromatic nitrogens is 2. The lowest BCUT2D eigenvalue weighted by Crippen LogP contribution is -2.47. The van der Waals surface area contributed by atoms with Gasteiger partial charge in [-0.15, -0.1) is 11.3 Å². The summed E-state index contributed by atoms with van der Waals surface area (Å²) < 4.78 is 18.8. The van der Waals surface area contributed by atoms with Crippen LogP contribution in [0, 0.1) is 5.82 Å². The van der Waals surface area contributed by atoms with Gasteiger partial charge in [0.2, 0.25) is 0 Å². The summed E-state index contributed by atoms with van der Waals surface area (Å²) in [6.07, 6.45) is 1.38. The second-order valence-electron chi connectivity index (χ2n) is 7.93. The first-order valence-corrected chi connectivity index (χ1v) is 9.66. The van der Waals surface area contributed by atoms with Crippen LogP contribution >= 0.6 is 11.3 Å². The van der Waals surface area contributed by atoms with Crippen molar-refractivity contribution in [3.05, 3.63) is 45.9 Å². The summed E-state index contributed by atoms with van der Waals surface area (Å²) in [5.74, 6) is -0.887. The molecule has 0 aliphatic rings. The molecule has 0 atom stereocenters. The number of nitrogens with one attached hydrogen (secondary N) is 2. The molecule has 0 spiro atoms. The summed E-state index contributed by atoms with van der Waals surface area (Å²) in [6, 6.07) is 2.77. The summed E-state index contributed by atoms with van der Waals surface area (Å²) in [6.45, 7) is 9.06. The molecule has 2 heterocycles. The number of ether oxygens (including phenoxy) is 1. The number of pyridine rings is 1. The number of nitrogens with zero attached hydrogens (tertiary/aromatic N) is 2. The third-order valence-corrected chi connectivity index (χ3v) is 4.32. The Kier molecular flexibility index (Phi) is 6.71. The Morgan fingerprint density at radius 3 is 2.61 bits per heavy atom. The van der Waals surface area contributed by atoms with E-state index in [4.69, 9.17) is 4.74 Å². The number of carbonyl (C=O) groups is 2. The highest BCUT2D eigenvalue weighted by Crippen LogP contribution is 2.18. The maximum absolute atomic E-state index is 13.6. The molecule has 2 rings (SSSR count). The maximum atomic E-state index is 13.6. The van der Waals surface area contributed by atoms with Crippen LogP contribution in [-0.4, -0.2) is 33.1 Å². The summed E-state index contributed by atoms with van der Waals surface area (Å²) in [7, 11) is 0. The standard InChI is InChI=1S/C19H25FN4O3S/c1-18(2,3)27-17(26)24-19(4,5)9-15-23-14(11-28-15)16(25)22-10-13-12(20)7-6-8-21-13/h6-8,11H,9-10H2,1-5H3,(H,22,25)(H,24,26). The largest absolute Gasteiger partial charge is 0.444 e. The lowest BCUT2D eigenvalue weighted by Gasteiger charge is -2.28. The normalized spacial score (nSPS) is 11.8. The van der Waals surface area contributed by atoms with Crippen LogP contribution in [0.15, 0.2) is 23.7 Å². The molecule has 0 saturated heterocycles. The highest BCUT2D eigenvalue weighted by Gasteiger charge is 2.26. The van der Waals surface area contributed by atoms with Gasteiger partial charge in [-0.25, -0.2) is 14.2 Å². The summed E-state index contributed by atoms with van der Waals surface area (Å²) in [5.41, 5.74) is -0.788. The van der Waals surface area contributed by atoms with Gasteiger partial charge in [0.15, 0.2) is 0 Å². The Morgan fingerprint density at radius 1 is 1.25 bits per heavy atom. The molecule has 2 N–H and O–H groups in total. The summed E-state index contributed by atoms with van der Waals surface area (Å²) in [5, 5.41) is 7.73. The number of hydrogen-bond donors (Lipinski definition) is 2. The molecule has 0 aliphatic heterocycles. The fraction of sp³-hybridized carbons (Fsp3) is 0.474. The average molecular weight is 408 g/mol. The van der Waals surface area contributed by atoms with Crippen LogP contribution < -0.4 is 10.6 Å². The summed E-state index contributed by atoms with van der Waals surface area (Å²) >= 11 is 1.32. The van der Waals surface area contributed by atoms with Crippen molar-refractivity contribution in [1.29, 1.82) is 0 Å². The van der Waals surface area contributed by atoms with Gasteiger partial charge in [0.1, 0.15) is 17.1 Å². The van der Waals surface area contributed by atoms with E-state index in [1.807, 2.05) is 13.8 Å². The SMILES string of the molecule is CC(C)(Cc1nc(C(=O)NCc2ncccc2F)cs1)NC(=O)OC(C)(C)C. The van der Waals surface area contributed by atoms with Crippen LogP contribution in [0.3, 0.4) is 0 Å². The van der Waals surface area contributed by atoms with Gasteiger partial charge in [-0.1, -0.05) is 0 Å². The van der Waals surface area contributed by atoms with Gasteiger partial charge in [0, 0.05) is 23.5 Å². The van der Waals surface area contributed by atoms with E-state index >= 15 is 0 Å². The van der Waals surface area contributed by atoms with Gasteiger partial charge in [-0.2, -0.15) is 0 Å². The lowest BCUT2D eigenvalue weighted by atomic mass is 10.0. The molecule has 0 fully saturated rings. The van der Waals surface area contributed by atoms with E-state index in [9.17, 15) is 14.0 Å². The second-order valence-corrected chi connectivity index (χ2v) is 8.87. The molecule has 0 aliphatic carbocycles. The van der Waals surface area contributed by atoms with Crippen molar-refractivity contribution in [2.45, 2.75) is 58.7 Å². The number of halogens is 1. The minimum Gasteiger partial charge on any atom is -0.444 e. The van der Waals surface area contributed by atoms with Crippen LogP contribution in [-0.2, 0) is 17.7 Å². The molecule has 0 aromatic carbocycles. The predicted octanol–water partition coefficient (Wildman–Crippen LogP) is 3.45. The van der Waals surface area contributed by atoms with E-state index in [2.05, 4.69) is 20.6 Å². The number of carbonyl (C=O) groups excluding carboxylic acids is 2. The monoisotopic (exact) mass is 408 g/mol. The van der Waals surface area contributed by atoms with Crippen molar-refractivity contribution in [3.8, 4) is 0 Å². The predicted molar refractivity (Wildman–Crippen MR) is 105 cm³/mol. The van der Waals surface area contributed by atoms with E-state index in [0.717, 1.165) is 0 Å². The third kappa shape index (κ3) is 6.88. The number of alkyl carbamates (subject to hydrolysis) is 1. The van der Waals surface area contributed by atoms with Gasteiger partial charge >= 0.3 is 6.09 Å². The first-order valence-electron chi connectivity index (χ1n) is 8.78. The minimum atomic E-state index is -0.606. The van der Waals surface area contributed by atoms with Crippen LogP contribution in [0.25, 0.3) is 0 Å². The summed E-state index contributed by atoms with van der Waals surface area (Å²) in [4.78, 5) is 32.4. The molecule has 2 amide bonds. The first kappa shape index (κ1) is 21.7. The van der Waals surface area contributed by atoms with Crippen molar-refractivity contribution in [2.24, 2.45) is 0 Å². The van der Waals surface area contributed by atoms with Crippen molar-refractivity contribution < 1.29 is 18.7 Å². The van der Waals surface area contributed by atoms with Crippen LogP contribution in [0.1, 0.15) is 55.8 Å². The fourth-order valence-corrected chi connectivity index (χ4v) is 3.30. The number of rotatable bonds is 6. The third-order valence-electron chi connectivity index (χ3n) is 3.47. The Bertz CT molecular complexity index is 846. The first-order chi connectivity index (χ1) is 13.0. The van der Waals surface area contributed by atoms with E-state index in [-0.39, 0.29) is 17.9 Å². The highest BCUT2D eigenvalue weighted by atomic mass is 32.1. The van der Waals surface area contributed by atoms with E-state index in [1.54, 1.807) is 26.2 Å². The van der Waals surface area contributed by atoms with Crippen molar-refractivity contribution >= 4 is 23.3 Å². The number of hydrogen-bond acceptors (Lipinski definition) is 6. The Balaban J connectivity index is 1.92. The Morgan fingerprint density at radius 2 is 1.96 bits per heavy atom.